The molecule has 3 amide bonds. The molecule has 3 aromatic carbocycles. The number of thiophene rings is 1. The Bertz CT molecular complexity index is 1740. The highest BCUT2D eigenvalue weighted by molar-refractivity contribution is 8.00. The standard InChI is InChI=1S/C36H35N3O5S2/c1-44-36(43)32-28-19-10-2-3-11-20-30(28)46-35(32)39-31(40)23-45-27-18-12-17-26(22-27)37-34(42)29(21-24-13-6-4-7-14-24)38-33(41)25-15-8-5-9-16-25/h4-9,12-18,21-22H,2-3,10-11,19-20,23H2,1H3,(H,37,42)(H,38,41)(H,39,40)/b29-21-. The van der Waals surface area contributed by atoms with Gasteiger partial charge in [-0.1, -0.05) is 67.4 Å². The predicted octanol–water partition coefficient (Wildman–Crippen LogP) is 7.33. The summed E-state index contributed by atoms with van der Waals surface area (Å²) in [5.41, 5.74) is 3.26. The minimum atomic E-state index is -0.489. The fourth-order valence-electron chi connectivity index (χ4n) is 5.16. The number of esters is 1. The first-order valence-electron chi connectivity index (χ1n) is 15.1. The van der Waals surface area contributed by atoms with E-state index in [-0.39, 0.29) is 17.4 Å². The van der Waals surface area contributed by atoms with Crippen LogP contribution in [0.5, 0.6) is 0 Å². The van der Waals surface area contributed by atoms with Gasteiger partial charge in [-0.25, -0.2) is 4.79 Å². The molecule has 1 aliphatic carbocycles. The van der Waals surface area contributed by atoms with Crippen molar-refractivity contribution in [2.75, 3.05) is 23.5 Å². The van der Waals surface area contributed by atoms with Gasteiger partial charge in [-0.15, -0.1) is 23.1 Å². The fraction of sp³-hybridized carbons (Fsp3) is 0.222. The number of ether oxygens (including phenoxy) is 1. The number of anilines is 2. The van der Waals surface area contributed by atoms with Crippen LogP contribution in [0.2, 0.25) is 0 Å². The number of hydrogen-bond acceptors (Lipinski definition) is 7. The summed E-state index contributed by atoms with van der Waals surface area (Å²) >= 11 is 2.78. The zero-order valence-electron chi connectivity index (χ0n) is 25.5. The van der Waals surface area contributed by atoms with E-state index in [2.05, 4.69) is 16.0 Å². The first-order chi connectivity index (χ1) is 22.4. The Morgan fingerprint density at radius 3 is 2.30 bits per heavy atom. The molecule has 5 rings (SSSR count). The molecule has 0 spiro atoms. The first kappa shape index (κ1) is 32.7. The Labute approximate surface area is 276 Å². The van der Waals surface area contributed by atoms with Crippen molar-refractivity contribution in [3.63, 3.8) is 0 Å². The van der Waals surface area contributed by atoms with Crippen molar-refractivity contribution in [2.45, 2.75) is 43.4 Å². The molecule has 1 aromatic heterocycles. The van der Waals surface area contributed by atoms with Crippen molar-refractivity contribution in [3.05, 3.63) is 118 Å². The van der Waals surface area contributed by atoms with Gasteiger partial charge in [0, 0.05) is 21.0 Å². The quantitative estimate of drug-likeness (QED) is 0.0938. The monoisotopic (exact) mass is 653 g/mol. The lowest BCUT2D eigenvalue weighted by molar-refractivity contribution is -0.114. The summed E-state index contributed by atoms with van der Waals surface area (Å²) in [6, 6.07) is 25.1. The molecule has 0 saturated heterocycles. The van der Waals surface area contributed by atoms with Crippen molar-refractivity contribution in [1.29, 1.82) is 0 Å². The number of hydrogen-bond donors (Lipinski definition) is 3. The van der Waals surface area contributed by atoms with Crippen LogP contribution in [-0.4, -0.2) is 36.6 Å². The maximum absolute atomic E-state index is 13.4. The van der Waals surface area contributed by atoms with E-state index in [1.54, 1.807) is 48.5 Å². The number of benzene rings is 3. The third kappa shape index (κ3) is 8.74. The van der Waals surface area contributed by atoms with Crippen LogP contribution in [0.4, 0.5) is 10.7 Å². The second-order valence-corrected chi connectivity index (χ2v) is 12.9. The van der Waals surface area contributed by atoms with E-state index in [1.807, 2.05) is 42.5 Å². The van der Waals surface area contributed by atoms with Crippen LogP contribution in [0.1, 0.15) is 62.4 Å². The summed E-state index contributed by atoms with van der Waals surface area (Å²) < 4.78 is 5.07. The summed E-state index contributed by atoms with van der Waals surface area (Å²) in [5.74, 6) is -1.45. The van der Waals surface area contributed by atoms with Gasteiger partial charge in [0.25, 0.3) is 11.8 Å². The molecule has 8 nitrogen and oxygen atoms in total. The average Bonchev–Trinajstić information content (AvgIpc) is 3.39. The molecule has 0 fully saturated rings. The van der Waals surface area contributed by atoms with E-state index in [9.17, 15) is 19.2 Å². The lowest BCUT2D eigenvalue weighted by atomic mass is 9.96. The van der Waals surface area contributed by atoms with Crippen LogP contribution >= 0.6 is 23.1 Å². The molecule has 1 aliphatic rings. The third-order valence-electron chi connectivity index (χ3n) is 7.41. The fourth-order valence-corrected chi connectivity index (χ4v) is 7.21. The summed E-state index contributed by atoms with van der Waals surface area (Å²) in [4.78, 5) is 54.0. The summed E-state index contributed by atoms with van der Waals surface area (Å²) in [6.45, 7) is 0. The van der Waals surface area contributed by atoms with E-state index in [0.29, 0.717) is 21.8 Å². The lowest BCUT2D eigenvalue weighted by Gasteiger charge is -2.12. The van der Waals surface area contributed by atoms with E-state index in [0.717, 1.165) is 59.4 Å². The number of amides is 3. The zero-order chi connectivity index (χ0) is 32.3. The number of rotatable bonds is 10. The van der Waals surface area contributed by atoms with Crippen LogP contribution in [0.15, 0.2) is 95.5 Å². The number of fused-ring (bicyclic) bond motifs is 1. The van der Waals surface area contributed by atoms with Gasteiger partial charge in [-0.3, -0.25) is 14.4 Å². The minimum Gasteiger partial charge on any atom is -0.465 e. The number of thioether (sulfide) groups is 1. The number of nitrogens with one attached hydrogen (secondary N) is 3. The van der Waals surface area contributed by atoms with Crippen molar-refractivity contribution in [3.8, 4) is 0 Å². The number of methoxy groups -OCH3 is 1. The number of carbonyl (C=O) groups is 4. The molecule has 46 heavy (non-hydrogen) atoms. The molecule has 0 radical (unpaired) electrons. The van der Waals surface area contributed by atoms with E-state index in [4.69, 9.17) is 4.74 Å². The average molecular weight is 654 g/mol. The van der Waals surface area contributed by atoms with Gasteiger partial charge in [0.1, 0.15) is 10.7 Å². The number of carbonyl (C=O) groups excluding carboxylic acids is 4. The summed E-state index contributed by atoms with van der Waals surface area (Å²) in [5, 5.41) is 9.10. The van der Waals surface area contributed by atoms with Gasteiger partial charge in [0.05, 0.1) is 18.4 Å². The minimum absolute atomic E-state index is 0.0870. The van der Waals surface area contributed by atoms with Crippen molar-refractivity contribution < 1.29 is 23.9 Å². The molecule has 3 N–H and O–H groups in total. The highest BCUT2D eigenvalue weighted by atomic mass is 32.2. The molecule has 1 heterocycles. The Kier molecular flexibility index (Phi) is 11.4. The second-order valence-electron chi connectivity index (χ2n) is 10.7. The van der Waals surface area contributed by atoms with Crippen molar-refractivity contribution in [2.24, 2.45) is 0 Å². The molecule has 0 atom stereocenters. The van der Waals surface area contributed by atoms with Crippen LogP contribution in [-0.2, 0) is 27.2 Å². The smallest absolute Gasteiger partial charge is 0.341 e. The van der Waals surface area contributed by atoms with Gasteiger partial charge in [-0.2, -0.15) is 0 Å². The Balaban J connectivity index is 1.25. The van der Waals surface area contributed by atoms with E-state index < -0.39 is 17.8 Å². The highest BCUT2D eigenvalue weighted by Gasteiger charge is 2.26. The van der Waals surface area contributed by atoms with Gasteiger partial charge in [-0.05, 0) is 73.2 Å². The van der Waals surface area contributed by atoms with Crippen LogP contribution in [0, 0.1) is 0 Å². The lowest BCUT2D eigenvalue weighted by Crippen LogP contribution is -2.30. The molecule has 0 aliphatic heterocycles. The molecular formula is C36H35N3O5S2. The van der Waals surface area contributed by atoms with Crippen molar-refractivity contribution in [1.82, 2.24) is 5.32 Å². The highest BCUT2D eigenvalue weighted by Crippen LogP contribution is 2.37. The zero-order valence-corrected chi connectivity index (χ0v) is 27.1. The van der Waals surface area contributed by atoms with Crippen LogP contribution in [0.3, 0.4) is 0 Å². The SMILES string of the molecule is COC(=O)c1c(NC(=O)CSc2cccc(NC(=O)/C(=C/c3ccccc3)NC(=O)c3ccccc3)c2)sc2c1CCCCCC2. The van der Waals surface area contributed by atoms with E-state index in [1.165, 1.54) is 30.2 Å². The predicted molar refractivity (Wildman–Crippen MR) is 184 cm³/mol. The third-order valence-corrected chi connectivity index (χ3v) is 9.62. The molecule has 0 saturated carbocycles. The summed E-state index contributed by atoms with van der Waals surface area (Å²) in [6.07, 6.45) is 7.67. The van der Waals surface area contributed by atoms with Gasteiger partial charge < -0.3 is 20.7 Å². The molecular weight excluding hydrogens is 619 g/mol. The summed E-state index contributed by atoms with van der Waals surface area (Å²) in [7, 11) is 1.36. The number of aryl methyl sites for hydroxylation is 1. The Morgan fingerprint density at radius 1 is 0.848 bits per heavy atom. The molecule has 4 aromatic rings. The van der Waals surface area contributed by atoms with Crippen molar-refractivity contribution >= 4 is 63.6 Å². The Morgan fingerprint density at radius 2 is 1.57 bits per heavy atom. The molecule has 236 valence electrons. The first-order valence-corrected chi connectivity index (χ1v) is 16.9. The molecule has 10 heteroatoms. The van der Waals surface area contributed by atoms with Gasteiger partial charge in [0.15, 0.2) is 0 Å². The normalized spacial score (nSPS) is 13.0. The van der Waals surface area contributed by atoms with Gasteiger partial charge in [0.2, 0.25) is 5.91 Å². The maximum atomic E-state index is 13.4. The van der Waals surface area contributed by atoms with Crippen LogP contribution < -0.4 is 16.0 Å². The largest absolute Gasteiger partial charge is 0.465 e. The maximum Gasteiger partial charge on any atom is 0.341 e. The van der Waals surface area contributed by atoms with Gasteiger partial charge >= 0.3 is 5.97 Å². The topological polar surface area (TPSA) is 114 Å². The molecule has 0 bridgehead atoms. The second kappa shape index (κ2) is 16.1. The molecule has 0 unspecified atom stereocenters. The van der Waals surface area contributed by atoms with E-state index >= 15 is 0 Å². The van der Waals surface area contributed by atoms with Crippen LogP contribution in [0.25, 0.3) is 6.08 Å². The Hall–Kier alpha value is -4.67.